The topological polar surface area (TPSA) is 195 Å². The second-order valence-corrected chi connectivity index (χ2v) is 22.6. The van der Waals surface area contributed by atoms with E-state index >= 15 is 0 Å². The van der Waals surface area contributed by atoms with E-state index in [0.717, 1.165) is 46.6 Å². The van der Waals surface area contributed by atoms with Gasteiger partial charge in [-0.15, -0.1) is 0 Å². The molecule has 4 saturated heterocycles. The Hall–Kier alpha value is -6.64. The number of ether oxygens (including phenoxy) is 5. The molecule has 0 unspecified atom stereocenters. The number of amides is 2. The molecular weight excluding hydrogens is 977 g/mol. The van der Waals surface area contributed by atoms with Crippen LogP contribution >= 0.6 is 0 Å². The van der Waals surface area contributed by atoms with Crippen LogP contribution in [0.15, 0.2) is 72.8 Å². The Morgan fingerprint density at radius 1 is 0.519 bits per heavy atom. The second kappa shape index (κ2) is 23.1. The number of carbonyl (C=O) groups excluding carboxylic acids is 2. The van der Waals surface area contributed by atoms with Gasteiger partial charge < -0.3 is 53.9 Å². The zero-order chi connectivity index (χ0) is 53.8. The molecule has 4 aliphatic rings. The predicted octanol–water partition coefficient (Wildman–Crippen LogP) is 6.83. The van der Waals surface area contributed by atoms with E-state index in [4.69, 9.17) is 53.6 Å². The molecule has 8 heterocycles. The van der Waals surface area contributed by atoms with Crippen LogP contribution in [0.1, 0.15) is 76.1 Å². The molecule has 6 aromatic rings. The predicted molar refractivity (Wildman–Crippen MR) is 299 cm³/mol. The number of rotatable bonds is 16. The van der Waals surface area contributed by atoms with Gasteiger partial charge >= 0.3 is 0 Å². The van der Waals surface area contributed by atoms with Crippen LogP contribution in [0.5, 0.6) is 0 Å². The molecule has 0 spiro atoms. The van der Waals surface area contributed by atoms with E-state index in [-0.39, 0.29) is 46.8 Å². The number of aromatic nitrogens is 6. The van der Waals surface area contributed by atoms with E-state index in [1.807, 2.05) is 72.8 Å². The Morgan fingerprint density at radius 2 is 0.896 bits per heavy atom. The summed E-state index contributed by atoms with van der Waals surface area (Å²) in [6.45, 7) is 26.1. The molecule has 4 atom stereocenters. The van der Waals surface area contributed by atoms with E-state index in [1.54, 1.807) is 0 Å². The molecule has 4 aliphatic heterocycles. The average Bonchev–Trinajstić information content (AvgIpc) is 3.44. The molecule has 0 bridgehead atoms. The lowest BCUT2D eigenvalue weighted by Gasteiger charge is -2.37. The average molecular weight is 1050 g/mol. The Balaban J connectivity index is 0.745. The van der Waals surface area contributed by atoms with Crippen LogP contribution in [-0.2, 0) is 23.7 Å². The van der Waals surface area contributed by atoms with Crippen LogP contribution in [0.3, 0.4) is 0 Å². The van der Waals surface area contributed by atoms with Crippen LogP contribution in [0.25, 0.3) is 44.6 Å². The van der Waals surface area contributed by atoms with Gasteiger partial charge in [-0.25, -0.2) is 9.97 Å². The first kappa shape index (κ1) is 53.7. The van der Waals surface area contributed by atoms with E-state index in [2.05, 4.69) is 85.6 Å². The maximum Gasteiger partial charge on any atom is 0.251 e. The quantitative estimate of drug-likeness (QED) is 0.102. The van der Waals surface area contributed by atoms with Crippen molar-refractivity contribution >= 4 is 57.4 Å². The minimum Gasteiger partial charge on any atom is -0.380 e. The minimum atomic E-state index is -0.383. The summed E-state index contributed by atoms with van der Waals surface area (Å²) in [5.74, 6) is 2.59. The fraction of sp³-hybridized carbons (Fsp3) is 0.517. The molecule has 4 fully saturated rings. The van der Waals surface area contributed by atoms with E-state index in [0.29, 0.717) is 138 Å². The largest absolute Gasteiger partial charge is 0.380 e. The van der Waals surface area contributed by atoms with Crippen LogP contribution in [0.4, 0.5) is 23.5 Å². The molecule has 10 rings (SSSR count). The van der Waals surface area contributed by atoms with Gasteiger partial charge in [0.15, 0.2) is 11.3 Å². The number of fused-ring (bicyclic) bond motifs is 2. The lowest BCUT2D eigenvalue weighted by atomic mass is 9.92. The number of morpholine rings is 4. The fourth-order valence-electron chi connectivity index (χ4n) is 10.3. The van der Waals surface area contributed by atoms with E-state index in [9.17, 15) is 9.59 Å². The van der Waals surface area contributed by atoms with Crippen molar-refractivity contribution in [3.8, 4) is 22.5 Å². The summed E-state index contributed by atoms with van der Waals surface area (Å²) in [5, 5.41) is 8.02. The lowest BCUT2D eigenvalue weighted by molar-refractivity contribution is 0.0157. The third-order valence-electron chi connectivity index (χ3n) is 14.9. The van der Waals surface area contributed by atoms with Crippen LogP contribution in [0, 0.1) is 10.8 Å². The summed E-state index contributed by atoms with van der Waals surface area (Å²) in [5.41, 5.74) is 4.53. The maximum atomic E-state index is 13.7. The molecule has 0 aliphatic carbocycles. The van der Waals surface area contributed by atoms with Crippen molar-refractivity contribution in [2.24, 2.45) is 10.8 Å². The van der Waals surface area contributed by atoms with Gasteiger partial charge in [-0.1, -0.05) is 52.0 Å². The first-order valence-corrected chi connectivity index (χ1v) is 27.2. The van der Waals surface area contributed by atoms with Gasteiger partial charge in [0.25, 0.3) is 11.8 Å². The third kappa shape index (κ3) is 12.4. The number of nitrogens with one attached hydrogen (secondary N) is 2. The molecule has 77 heavy (non-hydrogen) atoms. The summed E-state index contributed by atoms with van der Waals surface area (Å²) < 4.78 is 29.3. The highest BCUT2D eigenvalue weighted by Crippen LogP contribution is 2.34. The van der Waals surface area contributed by atoms with Gasteiger partial charge in [0.2, 0.25) is 11.9 Å². The Bertz CT molecular complexity index is 2880. The van der Waals surface area contributed by atoms with E-state index < -0.39 is 0 Å². The molecular formula is C58H74N12O7. The van der Waals surface area contributed by atoms with Gasteiger partial charge in [-0.3, -0.25) is 9.59 Å². The van der Waals surface area contributed by atoms with Crippen LogP contribution < -0.4 is 30.2 Å². The van der Waals surface area contributed by atoms with Gasteiger partial charge in [-0.05, 0) is 76.2 Å². The first-order chi connectivity index (χ1) is 37.1. The maximum absolute atomic E-state index is 13.7. The van der Waals surface area contributed by atoms with Gasteiger partial charge in [0.05, 0.1) is 112 Å². The summed E-state index contributed by atoms with van der Waals surface area (Å²) in [7, 11) is 0. The summed E-state index contributed by atoms with van der Waals surface area (Å²) in [6, 6.07) is 23.6. The van der Waals surface area contributed by atoms with Crippen molar-refractivity contribution < 1.29 is 33.3 Å². The van der Waals surface area contributed by atoms with E-state index in [1.165, 1.54) is 0 Å². The molecule has 19 heteroatoms. The number of nitrogens with zero attached hydrogens (tertiary/aromatic N) is 10. The summed E-state index contributed by atoms with van der Waals surface area (Å²) >= 11 is 0. The Labute approximate surface area is 451 Å². The zero-order valence-electron chi connectivity index (χ0n) is 45.9. The lowest BCUT2D eigenvalue weighted by Crippen LogP contribution is -2.46. The number of anilines is 4. The SMILES string of the molecule is C[C@@H]1COCCN1c1nc(N2CCOC[C@H]2C)c2ccc(-c3cccc(C(=O)NCC(C)(C)COCC(C)(C)CNC(=O)c4cccc(-c5ccc6c(N7CCOC[C@@H]7C)nc(N7CCOC[C@@H]7C)nc6n5)c4)c3)nc2n1. The molecule has 0 saturated carbocycles. The minimum absolute atomic E-state index is 0.119. The highest BCUT2D eigenvalue weighted by Gasteiger charge is 2.31. The van der Waals surface area contributed by atoms with Crippen molar-refractivity contribution in [2.75, 3.05) is 125 Å². The van der Waals surface area contributed by atoms with Gasteiger partial charge in [0, 0.05) is 72.4 Å². The fourth-order valence-corrected chi connectivity index (χ4v) is 10.3. The van der Waals surface area contributed by atoms with Crippen LogP contribution in [0.2, 0.25) is 0 Å². The number of benzene rings is 2. The number of carbonyl (C=O) groups is 2. The molecule has 408 valence electrons. The Kier molecular flexibility index (Phi) is 16.1. The van der Waals surface area contributed by atoms with Gasteiger partial charge in [0.1, 0.15) is 11.6 Å². The summed E-state index contributed by atoms with van der Waals surface area (Å²) in [6.07, 6.45) is 0. The molecule has 4 aromatic heterocycles. The molecule has 2 amide bonds. The Morgan fingerprint density at radius 3 is 1.27 bits per heavy atom. The van der Waals surface area contributed by atoms with Crippen molar-refractivity contribution in [1.29, 1.82) is 0 Å². The van der Waals surface area contributed by atoms with Crippen LogP contribution in [-0.4, -0.2) is 171 Å². The smallest absolute Gasteiger partial charge is 0.251 e. The number of hydrogen-bond acceptors (Lipinski definition) is 17. The monoisotopic (exact) mass is 1050 g/mol. The van der Waals surface area contributed by atoms with Crippen molar-refractivity contribution in [1.82, 2.24) is 40.5 Å². The highest BCUT2D eigenvalue weighted by atomic mass is 16.5. The number of pyridine rings is 2. The number of hydrogen-bond donors (Lipinski definition) is 2. The first-order valence-electron chi connectivity index (χ1n) is 27.2. The standard InChI is InChI=1S/C58H74N12O7/c1-37-29-73-23-19-67(37)51-45-15-17-47(61-49(45)63-55(65-51)69-21-25-75-31-39(69)3)41-11-9-13-43(27-41)53(71)59-33-57(5,6)35-77-36-58(7,8)34-60-54(72)44-14-10-12-42(28-44)48-18-16-46-50(62-48)64-56(70-22-26-76-32-40(70)4)66-52(46)68-20-24-74-30-38(68)2/h9-18,27-28,37-40H,19-26,29-36H2,1-8H3,(H,59,71)(H,60,72)/t37-,38+,39-,40+. The van der Waals surface area contributed by atoms with Crippen molar-refractivity contribution in [3.63, 3.8) is 0 Å². The summed E-state index contributed by atoms with van der Waals surface area (Å²) in [4.78, 5) is 66.8. The zero-order valence-corrected chi connectivity index (χ0v) is 45.9. The third-order valence-corrected chi connectivity index (χ3v) is 14.9. The molecule has 0 radical (unpaired) electrons. The normalized spacial score (nSPS) is 20.7. The molecule has 19 nitrogen and oxygen atoms in total. The molecule has 2 aromatic carbocycles. The molecule has 2 N–H and O–H groups in total. The highest BCUT2D eigenvalue weighted by molar-refractivity contribution is 5.97. The van der Waals surface area contributed by atoms with Gasteiger partial charge in [-0.2, -0.15) is 19.9 Å². The van der Waals surface area contributed by atoms with Crippen molar-refractivity contribution in [2.45, 2.75) is 79.6 Å². The second-order valence-electron chi connectivity index (χ2n) is 22.6. The van der Waals surface area contributed by atoms with Crippen molar-refractivity contribution in [3.05, 3.63) is 83.9 Å².